The Morgan fingerprint density at radius 2 is 2.00 bits per heavy atom. The predicted molar refractivity (Wildman–Crippen MR) is 86.1 cm³/mol. The Balaban J connectivity index is 1.77. The summed E-state index contributed by atoms with van der Waals surface area (Å²) < 4.78 is 5.07. The molecule has 22 heavy (non-hydrogen) atoms. The van der Waals surface area contributed by atoms with Gasteiger partial charge in [0.2, 0.25) is 0 Å². The zero-order valence-corrected chi connectivity index (χ0v) is 13.2. The number of benzene rings is 1. The smallest absolute Gasteiger partial charge is 0.348 e. The first-order chi connectivity index (χ1) is 10.7. The molecule has 1 aromatic heterocycles. The molecule has 1 aromatic carbocycles. The highest BCUT2D eigenvalue weighted by atomic mass is 32.1. The summed E-state index contributed by atoms with van der Waals surface area (Å²) >= 11 is 1.44. The van der Waals surface area contributed by atoms with Gasteiger partial charge in [-0.15, -0.1) is 11.3 Å². The van der Waals surface area contributed by atoms with Gasteiger partial charge in [-0.2, -0.15) is 0 Å². The monoisotopic (exact) mass is 315 g/mol. The first kappa shape index (κ1) is 14.8. The molecule has 0 spiro atoms. The van der Waals surface area contributed by atoms with Crippen LogP contribution in [0.3, 0.4) is 0 Å². The van der Waals surface area contributed by atoms with Crippen molar-refractivity contribution in [2.75, 3.05) is 13.2 Å². The van der Waals surface area contributed by atoms with Gasteiger partial charge < -0.3 is 10.1 Å². The maximum Gasteiger partial charge on any atom is 0.348 e. The minimum atomic E-state index is -0.428. The van der Waals surface area contributed by atoms with E-state index >= 15 is 0 Å². The van der Waals surface area contributed by atoms with Crippen LogP contribution < -0.4 is 5.32 Å². The normalized spacial score (nSPS) is 12.2. The van der Waals surface area contributed by atoms with Crippen LogP contribution in [0.2, 0.25) is 0 Å². The molecule has 114 valence electrons. The summed E-state index contributed by atoms with van der Waals surface area (Å²) in [7, 11) is 0. The van der Waals surface area contributed by atoms with Crippen LogP contribution in [0.1, 0.15) is 27.7 Å². The molecule has 0 unspecified atom stereocenters. The van der Waals surface area contributed by atoms with Crippen LogP contribution in [0.25, 0.3) is 10.4 Å². The van der Waals surface area contributed by atoms with Crippen molar-refractivity contribution in [3.8, 4) is 10.4 Å². The summed E-state index contributed by atoms with van der Waals surface area (Å²) in [4.78, 5) is 25.1. The van der Waals surface area contributed by atoms with Gasteiger partial charge >= 0.3 is 5.97 Å². The molecule has 0 bridgehead atoms. The lowest BCUT2D eigenvalue weighted by Gasteiger charge is -2.15. The Labute approximate surface area is 133 Å². The Morgan fingerprint density at radius 1 is 1.23 bits per heavy atom. The van der Waals surface area contributed by atoms with Crippen LogP contribution >= 0.6 is 11.3 Å². The number of amides is 1. The molecular formula is C17H17NO3S. The number of carbonyl (C=O) groups excluding carboxylic acids is 2. The average molecular weight is 315 g/mol. The first-order valence-corrected chi connectivity index (χ1v) is 8.15. The third-order valence-corrected chi connectivity index (χ3v) is 4.83. The number of aryl methyl sites for hydroxylation is 2. The van der Waals surface area contributed by atoms with E-state index in [2.05, 4.69) is 17.4 Å². The topological polar surface area (TPSA) is 55.4 Å². The number of esters is 1. The van der Waals surface area contributed by atoms with E-state index in [0.29, 0.717) is 11.4 Å². The quantitative estimate of drug-likeness (QED) is 0.883. The minimum absolute atomic E-state index is 0.230. The summed E-state index contributed by atoms with van der Waals surface area (Å²) in [5, 5.41) is 2.60. The highest BCUT2D eigenvalue weighted by molar-refractivity contribution is 7.17. The maximum absolute atomic E-state index is 12.1. The van der Waals surface area contributed by atoms with Gasteiger partial charge in [0.05, 0.1) is 0 Å². The van der Waals surface area contributed by atoms with Gasteiger partial charge in [-0.3, -0.25) is 4.79 Å². The fraction of sp³-hybridized carbons (Fsp3) is 0.294. The zero-order chi connectivity index (χ0) is 15.5. The molecule has 5 heteroatoms. The van der Waals surface area contributed by atoms with Gasteiger partial charge in [-0.1, -0.05) is 24.3 Å². The fourth-order valence-corrected chi connectivity index (χ4v) is 3.79. The molecule has 4 nitrogen and oxygen atoms in total. The number of nitrogens with one attached hydrogen (secondary N) is 1. The van der Waals surface area contributed by atoms with Crippen LogP contribution in [0.4, 0.5) is 0 Å². The lowest BCUT2D eigenvalue weighted by molar-refractivity contribution is -0.124. The van der Waals surface area contributed by atoms with Crippen molar-refractivity contribution in [1.29, 1.82) is 0 Å². The SMILES string of the molecule is CCNC(=O)COC(=O)c1cc2c(s1)-c1ccccc1CC2. The van der Waals surface area contributed by atoms with Crippen molar-refractivity contribution in [2.24, 2.45) is 0 Å². The van der Waals surface area contributed by atoms with Gasteiger partial charge in [0.1, 0.15) is 4.88 Å². The van der Waals surface area contributed by atoms with E-state index in [9.17, 15) is 9.59 Å². The molecule has 1 aliphatic carbocycles. The molecule has 1 amide bonds. The van der Waals surface area contributed by atoms with Crippen LogP contribution in [0.5, 0.6) is 0 Å². The number of rotatable bonds is 4. The Bertz CT molecular complexity index is 720. The van der Waals surface area contributed by atoms with Crippen molar-refractivity contribution in [3.05, 3.63) is 46.3 Å². The summed E-state index contributed by atoms with van der Waals surface area (Å²) in [5.41, 5.74) is 3.71. The van der Waals surface area contributed by atoms with E-state index in [1.807, 2.05) is 25.1 Å². The molecule has 3 rings (SSSR count). The highest BCUT2D eigenvalue weighted by Gasteiger charge is 2.22. The molecule has 1 N–H and O–H groups in total. The molecule has 0 atom stereocenters. The summed E-state index contributed by atoms with van der Waals surface area (Å²) in [6.45, 7) is 2.12. The van der Waals surface area contributed by atoms with E-state index in [1.54, 1.807) is 0 Å². The number of hydrogen-bond acceptors (Lipinski definition) is 4. The highest BCUT2D eigenvalue weighted by Crippen LogP contribution is 2.39. The van der Waals surface area contributed by atoms with E-state index in [-0.39, 0.29) is 12.5 Å². The lowest BCUT2D eigenvalue weighted by atomic mass is 9.91. The fourth-order valence-electron chi connectivity index (χ4n) is 2.62. The second-order valence-corrected chi connectivity index (χ2v) is 6.20. The van der Waals surface area contributed by atoms with Gasteiger partial charge in [-0.25, -0.2) is 4.79 Å². The van der Waals surface area contributed by atoms with Gasteiger partial charge in [0.15, 0.2) is 6.61 Å². The Hall–Kier alpha value is -2.14. The number of likely N-dealkylation sites (N-methyl/N-ethyl adjacent to an activating group) is 1. The van der Waals surface area contributed by atoms with Gasteiger partial charge in [-0.05, 0) is 42.5 Å². The molecule has 0 saturated carbocycles. The Kier molecular flexibility index (Phi) is 4.24. The molecule has 0 radical (unpaired) electrons. The third-order valence-electron chi connectivity index (χ3n) is 3.64. The average Bonchev–Trinajstić information content (AvgIpc) is 2.97. The molecule has 2 aromatic rings. The van der Waals surface area contributed by atoms with Crippen molar-refractivity contribution < 1.29 is 14.3 Å². The predicted octanol–water partition coefficient (Wildman–Crippen LogP) is 2.81. The lowest BCUT2D eigenvalue weighted by Crippen LogP contribution is -2.28. The van der Waals surface area contributed by atoms with Crippen molar-refractivity contribution in [2.45, 2.75) is 19.8 Å². The summed E-state index contributed by atoms with van der Waals surface area (Å²) in [5.74, 6) is -0.703. The number of ether oxygens (including phenoxy) is 1. The van der Waals surface area contributed by atoms with Crippen molar-refractivity contribution in [1.82, 2.24) is 5.32 Å². The number of carbonyl (C=O) groups is 2. The largest absolute Gasteiger partial charge is 0.451 e. The Morgan fingerprint density at radius 3 is 2.82 bits per heavy atom. The van der Waals surface area contributed by atoms with Gasteiger partial charge in [0.25, 0.3) is 5.91 Å². The molecule has 1 heterocycles. The number of hydrogen-bond donors (Lipinski definition) is 1. The van der Waals surface area contributed by atoms with Crippen LogP contribution in [-0.2, 0) is 22.4 Å². The van der Waals surface area contributed by atoms with E-state index < -0.39 is 5.97 Å². The third kappa shape index (κ3) is 2.90. The van der Waals surface area contributed by atoms with Crippen LogP contribution in [-0.4, -0.2) is 25.0 Å². The molecule has 0 aliphatic heterocycles. The van der Waals surface area contributed by atoms with Gasteiger partial charge in [0, 0.05) is 11.4 Å². The minimum Gasteiger partial charge on any atom is -0.451 e. The number of fused-ring (bicyclic) bond motifs is 3. The van der Waals surface area contributed by atoms with Crippen LogP contribution in [0, 0.1) is 0 Å². The standard InChI is InChI=1S/C17H17NO3S/c1-2-18-15(19)10-21-17(20)14-9-12-8-7-11-5-3-4-6-13(11)16(12)22-14/h3-6,9H,2,7-8,10H2,1H3,(H,18,19). The molecular weight excluding hydrogens is 298 g/mol. The number of thiophene rings is 1. The first-order valence-electron chi connectivity index (χ1n) is 7.34. The summed E-state index contributed by atoms with van der Waals surface area (Å²) in [6.07, 6.45) is 1.93. The summed E-state index contributed by atoms with van der Waals surface area (Å²) in [6, 6.07) is 10.2. The van der Waals surface area contributed by atoms with Crippen LogP contribution in [0.15, 0.2) is 30.3 Å². The molecule has 0 saturated heterocycles. The van der Waals surface area contributed by atoms with Crippen molar-refractivity contribution >= 4 is 23.2 Å². The molecule has 0 fully saturated rings. The molecule has 1 aliphatic rings. The second kappa shape index (κ2) is 6.32. The van der Waals surface area contributed by atoms with Crippen molar-refractivity contribution in [3.63, 3.8) is 0 Å². The zero-order valence-electron chi connectivity index (χ0n) is 12.3. The van der Waals surface area contributed by atoms with E-state index in [4.69, 9.17) is 4.74 Å². The maximum atomic E-state index is 12.1. The van der Waals surface area contributed by atoms with E-state index in [0.717, 1.165) is 17.7 Å². The van der Waals surface area contributed by atoms with E-state index in [1.165, 1.54) is 28.0 Å². The second-order valence-electron chi connectivity index (χ2n) is 5.15.